The van der Waals surface area contributed by atoms with Crippen LogP contribution in [0.1, 0.15) is 58.6 Å². The predicted molar refractivity (Wildman–Crippen MR) is 127 cm³/mol. The molecule has 0 amide bonds. The third-order valence-electron chi connectivity index (χ3n) is 6.23. The van der Waals surface area contributed by atoms with Gasteiger partial charge in [0, 0.05) is 28.9 Å². The zero-order valence-electron chi connectivity index (χ0n) is 19.1. The van der Waals surface area contributed by atoms with Crippen molar-refractivity contribution in [3.8, 4) is 16.9 Å². The van der Waals surface area contributed by atoms with Gasteiger partial charge in [-0.25, -0.2) is 0 Å². The van der Waals surface area contributed by atoms with Crippen LogP contribution < -0.4 is 31.4 Å². The van der Waals surface area contributed by atoms with E-state index >= 15 is 0 Å². The van der Waals surface area contributed by atoms with Gasteiger partial charge in [-0.2, -0.15) is 0 Å². The molecule has 3 aromatic rings. The molecule has 0 aliphatic carbocycles. The summed E-state index contributed by atoms with van der Waals surface area (Å²) < 4.78 is 5.49. The van der Waals surface area contributed by atoms with E-state index in [2.05, 4.69) is 37.8 Å². The first-order valence-electron chi connectivity index (χ1n) is 11.0. The maximum atomic E-state index is 12.6. The smallest absolute Gasteiger partial charge is 0.268 e. The highest BCUT2D eigenvalue weighted by Gasteiger charge is 2.41. The van der Waals surface area contributed by atoms with Crippen molar-refractivity contribution in [2.24, 2.45) is 0 Å². The Labute approximate surface area is 186 Å². The first-order chi connectivity index (χ1) is 15.1. The normalized spacial score (nSPS) is 16.4. The van der Waals surface area contributed by atoms with Gasteiger partial charge in [0.2, 0.25) is 16.3 Å². The molecule has 0 saturated carbocycles. The molecule has 0 saturated heterocycles. The van der Waals surface area contributed by atoms with Crippen LogP contribution in [0.25, 0.3) is 17.2 Å². The summed E-state index contributed by atoms with van der Waals surface area (Å²) in [5.41, 5.74) is -0.0769. The van der Waals surface area contributed by atoms with Gasteiger partial charge in [-0.05, 0) is 38.0 Å². The van der Waals surface area contributed by atoms with Gasteiger partial charge in [-0.15, -0.1) is 0 Å². The van der Waals surface area contributed by atoms with Gasteiger partial charge in [-0.1, -0.05) is 45.4 Å². The van der Waals surface area contributed by atoms with Gasteiger partial charge < -0.3 is 9.64 Å². The number of benzene rings is 1. The Morgan fingerprint density at radius 3 is 2.28 bits per heavy atom. The lowest BCUT2D eigenvalue weighted by Crippen LogP contribution is -2.43. The van der Waals surface area contributed by atoms with Crippen LogP contribution in [0.3, 0.4) is 0 Å². The summed E-state index contributed by atoms with van der Waals surface area (Å²) in [6.07, 6.45) is 3.37. The van der Waals surface area contributed by atoms with Crippen molar-refractivity contribution in [1.29, 1.82) is 0 Å². The summed E-state index contributed by atoms with van der Waals surface area (Å²) in [7, 11) is 0. The van der Waals surface area contributed by atoms with Crippen molar-refractivity contribution in [2.45, 2.75) is 59.0 Å². The second kappa shape index (κ2) is 7.69. The number of allylic oxidation sites excluding steroid dienone is 1. The molecule has 1 aliphatic heterocycles. The van der Waals surface area contributed by atoms with E-state index in [4.69, 9.17) is 4.74 Å². The summed E-state index contributed by atoms with van der Waals surface area (Å²) in [5.74, 6) is -0.117. The molecule has 1 heterocycles. The third-order valence-corrected chi connectivity index (χ3v) is 6.23. The minimum atomic E-state index is -0.774. The van der Waals surface area contributed by atoms with E-state index < -0.39 is 27.1 Å². The standard InChI is InChI=1S/C26H27NO5/c1-6-7-12-27-17-11-9-8-10-16(17)26(4,5)18(27)13-15-19(22(29)21(15)28)20-23(30)24(31)25(20)32-14(2)3/h8-11,13-14H,6-7,12H2,1-5H3/b18-13+. The summed E-state index contributed by atoms with van der Waals surface area (Å²) in [5, 5.41) is 0. The molecule has 0 unspecified atom stereocenters. The fourth-order valence-corrected chi connectivity index (χ4v) is 4.54. The lowest BCUT2D eigenvalue weighted by Gasteiger charge is -2.28. The lowest BCUT2D eigenvalue weighted by atomic mass is 9.81. The fourth-order valence-electron chi connectivity index (χ4n) is 4.54. The Bertz CT molecular complexity index is 1370. The second-order valence-corrected chi connectivity index (χ2v) is 9.15. The largest absolute Gasteiger partial charge is 0.486 e. The van der Waals surface area contributed by atoms with Crippen LogP contribution in [0.4, 0.5) is 5.69 Å². The van der Waals surface area contributed by atoms with Crippen LogP contribution in [0.5, 0.6) is 5.75 Å². The maximum absolute atomic E-state index is 12.6. The van der Waals surface area contributed by atoms with E-state index in [0.717, 1.165) is 36.3 Å². The Hall–Kier alpha value is -3.28. The molecule has 1 aliphatic rings. The van der Waals surface area contributed by atoms with Gasteiger partial charge in [-0.3, -0.25) is 19.2 Å². The number of nitrogens with zero attached hydrogens (tertiary/aromatic N) is 1. The summed E-state index contributed by atoms with van der Waals surface area (Å²) in [6.45, 7) is 10.5. The van der Waals surface area contributed by atoms with Gasteiger partial charge >= 0.3 is 0 Å². The Balaban J connectivity index is 1.88. The van der Waals surface area contributed by atoms with E-state index in [1.54, 1.807) is 19.9 Å². The number of fused-ring (bicyclic) bond motifs is 1. The quantitative estimate of drug-likeness (QED) is 0.532. The lowest BCUT2D eigenvalue weighted by molar-refractivity contribution is 0.238. The highest BCUT2D eigenvalue weighted by atomic mass is 16.5. The Morgan fingerprint density at radius 1 is 0.969 bits per heavy atom. The second-order valence-electron chi connectivity index (χ2n) is 9.15. The van der Waals surface area contributed by atoms with Crippen molar-refractivity contribution in [3.63, 3.8) is 0 Å². The molecule has 0 bridgehead atoms. The van der Waals surface area contributed by atoms with Crippen molar-refractivity contribution < 1.29 is 4.74 Å². The first kappa shape index (κ1) is 21.9. The van der Waals surface area contributed by atoms with Gasteiger partial charge in [0.1, 0.15) is 0 Å². The number of anilines is 1. The molecular weight excluding hydrogens is 406 g/mol. The van der Waals surface area contributed by atoms with Gasteiger partial charge in [0.25, 0.3) is 5.43 Å². The molecule has 3 aromatic carbocycles. The van der Waals surface area contributed by atoms with Crippen molar-refractivity contribution in [2.75, 3.05) is 11.4 Å². The molecule has 32 heavy (non-hydrogen) atoms. The molecular formula is C26H27NO5. The third kappa shape index (κ3) is 3.08. The highest BCUT2D eigenvalue weighted by molar-refractivity contribution is 5.87. The van der Waals surface area contributed by atoms with Crippen LogP contribution in [0.2, 0.25) is 0 Å². The van der Waals surface area contributed by atoms with E-state index in [1.807, 2.05) is 12.1 Å². The minimum absolute atomic E-state index is 0.00458. The number of ether oxygens (including phenoxy) is 1. The number of hydrogen-bond acceptors (Lipinski definition) is 6. The van der Waals surface area contributed by atoms with Crippen LogP contribution in [0, 0.1) is 0 Å². The molecule has 6 nitrogen and oxygen atoms in total. The molecule has 0 fully saturated rings. The van der Waals surface area contributed by atoms with E-state index in [1.165, 1.54) is 0 Å². The molecule has 4 rings (SSSR count). The average molecular weight is 434 g/mol. The van der Waals surface area contributed by atoms with Crippen molar-refractivity contribution in [1.82, 2.24) is 0 Å². The molecule has 0 N–H and O–H groups in total. The number of rotatable bonds is 7. The molecule has 6 heteroatoms. The molecule has 0 spiro atoms. The molecule has 0 aromatic heterocycles. The summed E-state index contributed by atoms with van der Waals surface area (Å²) in [4.78, 5) is 51.6. The highest BCUT2D eigenvalue weighted by Crippen LogP contribution is 2.48. The SMILES string of the molecule is CCCCN1/C(=C/c2c(-c3c(OC(C)C)c(=O)c3=O)c(=O)c2=O)C(C)(C)c2ccccc21. The van der Waals surface area contributed by atoms with E-state index in [0.29, 0.717) is 0 Å². The summed E-state index contributed by atoms with van der Waals surface area (Å²) in [6, 6.07) is 8.10. The maximum Gasteiger partial charge on any atom is 0.268 e. The summed E-state index contributed by atoms with van der Waals surface area (Å²) >= 11 is 0. The van der Waals surface area contributed by atoms with Gasteiger partial charge in [0.05, 0.1) is 17.2 Å². The Morgan fingerprint density at radius 2 is 1.62 bits per heavy atom. The zero-order valence-corrected chi connectivity index (χ0v) is 19.1. The van der Waals surface area contributed by atoms with E-state index in [-0.39, 0.29) is 28.5 Å². The van der Waals surface area contributed by atoms with Gasteiger partial charge in [0.15, 0.2) is 5.75 Å². The predicted octanol–water partition coefficient (Wildman–Crippen LogP) is 3.27. The minimum Gasteiger partial charge on any atom is -0.486 e. The number of para-hydroxylation sites is 1. The fraction of sp³-hybridized carbons (Fsp3) is 0.385. The van der Waals surface area contributed by atoms with Crippen molar-refractivity contribution >= 4 is 11.8 Å². The monoisotopic (exact) mass is 433 g/mol. The number of unbranched alkanes of at least 4 members (excludes halogenated alkanes) is 1. The van der Waals surface area contributed by atoms with Crippen molar-refractivity contribution in [3.05, 3.63) is 82.0 Å². The Kier molecular flexibility index (Phi) is 5.27. The van der Waals surface area contributed by atoms with Crippen LogP contribution in [0.15, 0.2) is 49.1 Å². The molecule has 0 atom stereocenters. The number of hydrogen-bond donors (Lipinski definition) is 0. The van der Waals surface area contributed by atoms with Crippen LogP contribution in [-0.2, 0) is 5.41 Å². The molecule has 0 radical (unpaired) electrons. The molecule has 166 valence electrons. The topological polar surface area (TPSA) is 80.8 Å². The first-order valence-corrected chi connectivity index (χ1v) is 11.0. The zero-order chi connectivity index (χ0) is 23.4. The average Bonchev–Trinajstić information content (AvgIpc) is 2.98. The van der Waals surface area contributed by atoms with Crippen LogP contribution >= 0.6 is 0 Å². The van der Waals surface area contributed by atoms with E-state index in [9.17, 15) is 19.2 Å². The van der Waals surface area contributed by atoms with Crippen LogP contribution in [-0.4, -0.2) is 12.6 Å².